The largest absolute Gasteiger partial charge is 0.416 e. The fraction of sp³-hybridized carbons (Fsp3) is 0.158. The standard InChI is InChI=1S/C38H32ClN3O2P/c39-30-21-19-28(20-22-30)36-40-37(38(44-36)41-24-27-23-29(26-41)34-17-10-18-35(43)42(34)25-27)45(31-11-4-1-5-12-31,32-13-6-2-7-14-32)33-15-8-3-9-16-33/h1-22,27,29H,23-26H2/q+1/t27?,29-/m0/s1. The summed E-state index contributed by atoms with van der Waals surface area (Å²) in [5.74, 6) is 1.94. The molecular weight excluding hydrogens is 597 g/mol. The van der Waals surface area contributed by atoms with E-state index in [1.54, 1.807) is 6.07 Å². The topological polar surface area (TPSA) is 51.3 Å². The third-order valence-corrected chi connectivity index (χ3v) is 13.6. The van der Waals surface area contributed by atoms with E-state index in [1.165, 1.54) is 15.9 Å². The average molecular weight is 629 g/mol. The predicted molar refractivity (Wildman–Crippen MR) is 185 cm³/mol. The quantitative estimate of drug-likeness (QED) is 0.200. The molecule has 0 amide bonds. The first-order valence-electron chi connectivity index (χ1n) is 15.4. The van der Waals surface area contributed by atoms with Crippen molar-refractivity contribution >= 4 is 46.1 Å². The molecule has 222 valence electrons. The molecule has 1 fully saturated rings. The SMILES string of the molecule is O=c1cccc2n1CC1C[C@H]2CN(c2oc(-c3ccc(Cl)cc3)nc2[P+](c2ccccc2)(c2ccccc2)c2ccccc2)C1. The van der Waals surface area contributed by atoms with Crippen molar-refractivity contribution in [3.05, 3.63) is 155 Å². The third-order valence-electron chi connectivity index (χ3n) is 9.20. The highest BCUT2D eigenvalue weighted by atomic mass is 35.5. The Hall–Kier alpha value is -4.44. The van der Waals surface area contributed by atoms with Crippen LogP contribution >= 0.6 is 18.9 Å². The fourth-order valence-electron chi connectivity index (χ4n) is 7.28. The zero-order chi connectivity index (χ0) is 30.4. The first-order valence-corrected chi connectivity index (χ1v) is 17.6. The van der Waals surface area contributed by atoms with Gasteiger partial charge in [-0.3, -0.25) is 4.79 Å². The van der Waals surface area contributed by atoms with E-state index in [1.807, 2.05) is 34.9 Å². The molecule has 0 aliphatic carbocycles. The van der Waals surface area contributed by atoms with Crippen molar-refractivity contribution in [3.63, 3.8) is 0 Å². The van der Waals surface area contributed by atoms with Gasteiger partial charge in [0.25, 0.3) is 16.9 Å². The highest BCUT2D eigenvalue weighted by Crippen LogP contribution is 2.56. The van der Waals surface area contributed by atoms with Crippen LogP contribution in [0.5, 0.6) is 0 Å². The normalized spacial score (nSPS) is 17.6. The fourth-order valence-corrected chi connectivity index (χ4v) is 11.6. The van der Waals surface area contributed by atoms with Crippen LogP contribution in [-0.4, -0.2) is 22.6 Å². The second-order valence-corrected chi connectivity index (χ2v) is 15.7. The van der Waals surface area contributed by atoms with E-state index in [4.69, 9.17) is 21.0 Å². The minimum atomic E-state index is -2.55. The van der Waals surface area contributed by atoms with Crippen LogP contribution in [-0.2, 0) is 6.54 Å². The molecule has 0 N–H and O–H groups in total. The summed E-state index contributed by atoms with van der Waals surface area (Å²) < 4.78 is 8.94. The maximum atomic E-state index is 12.8. The van der Waals surface area contributed by atoms with Gasteiger partial charge in [-0.25, -0.2) is 0 Å². The van der Waals surface area contributed by atoms with Crippen molar-refractivity contribution in [2.24, 2.45) is 5.92 Å². The third kappa shape index (κ3) is 4.82. The van der Waals surface area contributed by atoms with Crippen LogP contribution in [0.1, 0.15) is 18.0 Å². The summed E-state index contributed by atoms with van der Waals surface area (Å²) in [4.78, 5) is 20.7. The van der Waals surface area contributed by atoms with Gasteiger partial charge in [0.15, 0.2) is 7.26 Å². The van der Waals surface area contributed by atoms with E-state index >= 15 is 0 Å². The number of anilines is 1. The minimum absolute atomic E-state index is 0.0863. The van der Waals surface area contributed by atoms with Gasteiger partial charge < -0.3 is 13.9 Å². The Bertz CT molecular complexity index is 1910. The Morgan fingerprint density at radius 1 is 0.689 bits per heavy atom. The molecular formula is C38H32ClN3O2P+. The first-order chi connectivity index (χ1) is 22.1. The van der Waals surface area contributed by atoms with Crippen LogP contribution in [0.15, 0.2) is 143 Å². The Morgan fingerprint density at radius 2 is 1.29 bits per heavy atom. The van der Waals surface area contributed by atoms with Gasteiger partial charge in [0.05, 0.1) is 0 Å². The van der Waals surface area contributed by atoms with E-state index in [0.29, 0.717) is 23.4 Å². The molecule has 2 atom stereocenters. The Labute approximate surface area is 268 Å². The zero-order valence-electron chi connectivity index (χ0n) is 24.7. The van der Waals surface area contributed by atoms with Crippen molar-refractivity contribution in [1.82, 2.24) is 9.55 Å². The number of pyridine rings is 1. The molecule has 7 heteroatoms. The van der Waals surface area contributed by atoms with Crippen LogP contribution in [0.3, 0.4) is 0 Å². The predicted octanol–water partition coefficient (Wildman–Crippen LogP) is 6.40. The van der Waals surface area contributed by atoms with Crippen LogP contribution in [0.2, 0.25) is 5.02 Å². The van der Waals surface area contributed by atoms with E-state index in [-0.39, 0.29) is 11.5 Å². The van der Waals surface area contributed by atoms with Crippen molar-refractivity contribution in [3.8, 4) is 11.5 Å². The molecule has 1 unspecified atom stereocenters. The van der Waals surface area contributed by atoms with Gasteiger partial charge in [-0.15, -0.1) is 0 Å². The van der Waals surface area contributed by atoms with Crippen molar-refractivity contribution in [2.45, 2.75) is 18.9 Å². The Balaban J connectivity index is 1.39. The number of halogens is 1. The molecule has 45 heavy (non-hydrogen) atoms. The number of piperidine rings is 1. The average Bonchev–Trinajstić information content (AvgIpc) is 3.53. The molecule has 5 nitrogen and oxygen atoms in total. The van der Waals surface area contributed by atoms with Gasteiger partial charge in [0, 0.05) is 47.9 Å². The molecule has 0 spiro atoms. The van der Waals surface area contributed by atoms with Gasteiger partial charge in [-0.05, 0) is 79.1 Å². The lowest BCUT2D eigenvalue weighted by molar-refractivity contribution is 0.275. The summed E-state index contributed by atoms with van der Waals surface area (Å²) in [5, 5.41) is 4.32. The summed E-state index contributed by atoms with van der Waals surface area (Å²) in [5.41, 5.74) is 3.04. The van der Waals surface area contributed by atoms with E-state index in [2.05, 4.69) is 102 Å². The summed E-state index contributed by atoms with van der Waals surface area (Å²) in [6.45, 7) is 2.25. The van der Waals surface area contributed by atoms with Gasteiger partial charge in [0.2, 0.25) is 5.89 Å². The van der Waals surface area contributed by atoms with E-state index in [0.717, 1.165) is 42.1 Å². The lowest BCUT2D eigenvalue weighted by Gasteiger charge is -2.42. The number of oxazole rings is 1. The van der Waals surface area contributed by atoms with Crippen LogP contribution in [0.4, 0.5) is 5.88 Å². The summed E-state index contributed by atoms with van der Waals surface area (Å²) >= 11 is 6.30. The summed E-state index contributed by atoms with van der Waals surface area (Å²) in [6, 6.07) is 45.8. The minimum Gasteiger partial charge on any atom is -0.416 e. The maximum absolute atomic E-state index is 12.8. The molecule has 2 aromatic heterocycles. The Kier molecular flexibility index (Phi) is 7.16. The molecule has 0 saturated carbocycles. The molecule has 1 saturated heterocycles. The van der Waals surface area contributed by atoms with Crippen LogP contribution < -0.4 is 31.8 Å². The molecule has 0 radical (unpaired) electrons. The number of benzene rings is 4. The highest BCUT2D eigenvalue weighted by Gasteiger charge is 2.54. The number of hydrogen-bond acceptors (Lipinski definition) is 4. The maximum Gasteiger partial charge on any atom is 0.262 e. The number of nitrogens with zero attached hydrogens (tertiary/aromatic N) is 3. The van der Waals surface area contributed by atoms with E-state index in [9.17, 15) is 4.79 Å². The van der Waals surface area contributed by atoms with Crippen molar-refractivity contribution in [2.75, 3.05) is 18.0 Å². The van der Waals surface area contributed by atoms with Crippen molar-refractivity contribution < 1.29 is 4.42 Å². The number of rotatable bonds is 6. The highest BCUT2D eigenvalue weighted by molar-refractivity contribution is 8.01. The molecule has 4 heterocycles. The molecule has 2 aliphatic rings. The van der Waals surface area contributed by atoms with Gasteiger partial charge in [0.1, 0.15) is 15.9 Å². The number of aromatic nitrogens is 2. The Morgan fingerprint density at radius 3 is 1.89 bits per heavy atom. The molecule has 2 bridgehead atoms. The smallest absolute Gasteiger partial charge is 0.262 e. The lowest BCUT2D eigenvalue weighted by Crippen LogP contribution is -2.49. The van der Waals surface area contributed by atoms with Gasteiger partial charge in [-0.2, -0.15) is 4.98 Å². The molecule has 6 aromatic rings. The molecule has 4 aromatic carbocycles. The van der Waals surface area contributed by atoms with Gasteiger partial charge in [-0.1, -0.05) is 72.3 Å². The second kappa shape index (κ2) is 11.5. The molecule has 2 aliphatic heterocycles. The van der Waals surface area contributed by atoms with E-state index < -0.39 is 7.26 Å². The second-order valence-electron chi connectivity index (χ2n) is 11.9. The number of hydrogen-bond donors (Lipinski definition) is 0. The first kappa shape index (κ1) is 28.1. The summed E-state index contributed by atoms with van der Waals surface area (Å²) in [7, 11) is -2.55. The van der Waals surface area contributed by atoms with Crippen LogP contribution in [0.25, 0.3) is 11.5 Å². The monoisotopic (exact) mass is 628 g/mol. The molecule has 8 rings (SSSR count). The van der Waals surface area contributed by atoms with Gasteiger partial charge >= 0.3 is 0 Å². The lowest BCUT2D eigenvalue weighted by atomic mass is 9.83. The van der Waals surface area contributed by atoms with Crippen molar-refractivity contribution in [1.29, 1.82) is 0 Å². The zero-order valence-corrected chi connectivity index (χ0v) is 26.3. The number of fused-ring (bicyclic) bond motifs is 4. The summed E-state index contributed by atoms with van der Waals surface area (Å²) in [6.07, 6.45) is 1.06. The van der Waals surface area contributed by atoms with Crippen LogP contribution in [0, 0.1) is 5.92 Å².